The molecule has 0 aromatic carbocycles. The van der Waals surface area contributed by atoms with Gasteiger partial charge in [0.25, 0.3) is 0 Å². The quantitative estimate of drug-likeness (QED) is 0.794. The fourth-order valence-corrected chi connectivity index (χ4v) is 2.21. The van der Waals surface area contributed by atoms with Crippen molar-refractivity contribution >= 4 is 11.9 Å². The van der Waals surface area contributed by atoms with Crippen LogP contribution in [0.1, 0.15) is 13.3 Å². The maximum atomic E-state index is 12.4. The molecular weight excluding hydrogens is 296 g/mol. The molecule has 1 aliphatic rings. The molecule has 1 saturated heterocycles. The number of likely N-dealkylation sites (tertiary alicyclic amines) is 1. The standard InChI is InChI=1S/C10H11F6NO3/c1-4-5(8(19)20)2-3-17(4)7(18)6(9(11,12)13)10(14,15)16/h4-6H,2-3H2,1H3,(H,19,20). The van der Waals surface area contributed by atoms with Gasteiger partial charge in [0, 0.05) is 12.6 Å². The smallest absolute Gasteiger partial charge is 0.409 e. The highest BCUT2D eigenvalue weighted by Crippen LogP contribution is 2.41. The van der Waals surface area contributed by atoms with Gasteiger partial charge in [-0.3, -0.25) is 9.59 Å². The number of carboxylic acids is 1. The van der Waals surface area contributed by atoms with E-state index in [9.17, 15) is 35.9 Å². The Morgan fingerprint density at radius 2 is 1.60 bits per heavy atom. The van der Waals surface area contributed by atoms with Crippen LogP contribution in [0.2, 0.25) is 0 Å². The molecule has 1 amide bonds. The molecule has 0 spiro atoms. The third-order valence-corrected chi connectivity index (χ3v) is 3.26. The van der Waals surface area contributed by atoms with Crippen molar-refractivity contribution in [2.45, 2.75) is 31.7 Å². The van der Waals surface area contributed by atoms with E-state index < -0.39 is 48.7 Å². The van der Waals surface area contributed by atoms with E-state index in [1.165, 1.54) is 0 Å². The number of alkyl halides is 6. The largest absolute Gasteiger partial charge is 0.481 e. The van der Waals surface area contributed by atoms with Crippen LogP contribution in [-0.2, 0) is 9.59 Å². The fourth-order valence-electron chi connectivity index (χ4n) is 2.21. The van der Waals surface area contributed by atoms with Gasteiger partial charge in [0.05, 0.1) is 5.92 Å². The second-order valence-electron chi connectivity index (χ2n) is 4.52. The van der Waals surface area contributed by atoms with Crippen molar-refractivity contribution in [1.29, 1.82) is 0 Å². The number of carbonyl (C=O) groups excluding carboxylic acids is 1. The summed E-state index contributed by atoms with van der Waals surface area (Å²) in [5, 5.41) is 8.76. The molecule has 10 heteroatoms. The number of aliphatic carboxylic acids is 1. The Hall–Kier alpha value is -1.48. The molecule has 116 valence electrons. The fraction of sp³-hybridized carbons (Fsp3) is 0.800. The third kappa shape index (κ3) is 3.15. The Kier molecular flexibility index (Phi) is 4.25. The lowest BCUT2D eigenvalue weighted by atomic mass is 10.0. The van der Waals surface area contributed by atoms with E-state index in [4.69, 9.17) is 5.11 Å². The minimum Gasteiger partial charge on any atom is -0.481 e. The summed E-state index contributed by atoms with van der Waals surface area (Å²) in [5.41, 5.74) is 0. The van der Waals surface area contributed by atoms with Gasteiger partial charge in [-0.2, -0.15) is 26.3 Å². The predicted molar refractivity (Wildman–Crippen MR) is 52.5 cm³/mol. The van der Waals surface area contributed by atoms with Crippen LogP contribution in [0.5, 0.6) is 0 Å². The first-order chi connectivity index (χ1) is 8.87. The van der Waals surface area contributed by atoms with Gasteiger partial charge in [0.2, 0.25) is 11.8 Å². The minimum atomic E-state index is -5.77. The molecule has 1 aliphatic heterocycles. The lowest BCUT2D eigenvalue weighted by molar-refractivity contribution is -0.277. The molecule has 0 aliphatic carbocycles. The summed E-state index contributed by atoms with van der Waals surface area (Å²) < 4.78 is 74.5. The highest BCUT2D eigenvalue weighted by molar-refractivity contribution is 5.82. The molecule has 2 unspecified atom stereocenters. The van der Waals surface area contributed by atoms with Crippen molar-refractivity contribution in [1.82, 2.24) is 4.90 Å². The second kappa shape index (κ2) is 5.13. The molecule has 1 rings (SSSR count). The molecule has 0 aromatic heterocycles. The number of nitrogens with zero attached hydrogens (tertiary/aromatic N) is 1. The van der Waals surface area contributed by atoms with Crippen molar-refractivity contribution in [3.05, 3.63) is 0 Å². The van der Waals surface area contributed by atoms with Crippen LogP contribution in [-0.4, -0.2) is 46.8 Å². The molecule has 0 saturated carbocycles. The first-order valence-corrected chi connectivity index (χ1v) is 5.54. The SMILES string of the molecule is CC1C(C(=O)O)CCN1C(=O)C(C(F)(F)F)C(F)(F)F. The normalized spacial score (nSPS) is 24.3. The van der Waals surface area contributed by atoms with Crippen LogP contribution in [0.3, 0.4) is 0 Å². The van der Waals surface area contributed by atoms with E-state index >= 15 is 0 Å². The van der Waals surface area contributed by atoms with E-state index in [1.54, 1.807) is 0 Å². The highest BCUT2D eigenvalue weighted by atomic mass is 19.4. The minimum absolute atomic E-state index is 0.176. The van der Waals surface area contributed by atoms with Gasteiger partial charge in [-0.05, 0) is 13.3 Å². The Morgan fingerprint density at radius 3 is 1.90 bits per heavy atom. The molecule has 0 bridgehead atoms. The first kappa shape index (κ1) is 16.6. The van der Waals surface area contributed by atoms with Gasteiger partial charge in [0.15, 0.2) is 0 Å². The Bertz CT molecular complexity index is 391. The lowest BCUT2D eigenvalue weighted by Gasteiger charge is -2.30. The van der Waals surface area contributed by atoms with Gasteiger partial charge in [-0.25, -0.2) is 0 Å². The average Bonchev–Trinajstić information content (AvgIpc) is 2.54. The number of halogens is 6. The molecule has 0 aromatic rings. The topological polar surface area (TPSA) is 57.6 Å². The van der Waals surface area contributed by atoms with Crippen LogP contribution in [0.4, 0.5) is 26.3 Å². The van der Waals surface area contributed by atoms with Crippen LogP contribution >= 0.6 is 0 Å². The molecule has 1 N–H and O–H groups in total. The maximum absolute atomic E-state index is 12.4. The number of carbonyl (C=O) groups is 2. The monoisotopic (exact) mass is 307 g/mol. The van der Waals surface area contributed by atoms with E-state index in [0.717, 1.165) is 6.92 Å². The third-order valence-electron chi connectivity index (χ3n) is 3.26. The van der Waals surface area contributed by atoms with E-state index in [0.29, 0.717) is 4.90 Å². The molecule has 4 nitrogen and oxygen atoms in total. The first-order valence-electron chi connectivity index (χ1n) is 5.54. The van der Waals surface area contributed by atoms with Gasteiger partial charge >= 0.3 is 18.3 Å². The summed E-state index contributed by atoms with van der Waals surface area (Å²) in [5.74, 6) is -8.80. The Labute approximate surface area is 109 Å². The van der Waals surface area contributed by atoms with Crippen LogP contribution < -0.4 is 0 Å². The predicted octanol–water partition coefficient (Wildman–Crippen LogP) is 2.05. The van der Waals surface area contributed by atoms with Crippen LogP contribution in [0.15, 0.2) is 0 Å². The second-order valence-corrected chi connectivity index (χ2v) is 4.52. The van der Waals surface area contributed by atoms with Gasteiger partial charge in [-0.1, -0.05) is 0 Å². The van der Waals surface area contributed by atoms with Crippen LogP contribution in [0, 0.1) is 11.8 Å². The van der Waals surface area contributed by atoms with E-state index in [-0.39, 0.29) is 6.42 Å². The lowest BCUT2D eigenvalue weighted by Crippen LogP contribution is -2.51. The Morgan fingerprint density at radius 1 is 1.15 bits per heavy atom. The summed E-state index contributed by atoms with van der Waals surface area (Å²) in [4.78, 5) is 22.6. The average molecular weight is 307 g/mol. The molecule has 20 heavy (non-hydrogen) atoms. The van der Waals surface area contributed by atoms with Gasteiger partial charge in [0.1, 0.15) is 0 Å². The summed E-state index contributed by atoms with van der Waals surface area (Å²) in [6, 6.07) is -1.22. The maximum Gasteiger partial charge on any atom is 0.409 e. The van der Waals surface area contributed by atoms with E-state index in [1.807, 2.05) is 0 Å². The highest BCUT2D eigenvalue weighted by Gasteiger charge is 2.63. The van der Waals surface area contributed by atoms with Crippen molar-refractivity contribution in [3.8, 4) is 0 Å². The number of amides is 1. The van der Waals surface area contributed by atoms with Crippen molar-refractivity contribution in [2.75, 3.05) is 6.54 Å². The zero-order chi connectivity index (χ0) is 15.9. The Balaban J connectivity index is 3.01. The molecule has 1 fully saturated rings. The summed E-state index contributed by atoms with van der Waals surface area (Å²) in [7, 11) is 0. The number of carboxylic acid groups (broad SMARTS) is 1. The van der Waals surface area contributed by atoms with Crippen molar-refractivity contribution in [2.24, 2.45) is 11.8 Å². The van der Waals surface area contributed by atoms with Crippen LogP contribution in [0.25, 0.3) is 0 Å². The van der Waals surface area contributed by atoms with Gasteiger partial charge in [-0.15, -0.1) is 0 Å². The number of hydrogen-bond acceptors (Lipinski definition) is 2. The van der Waals surface area contributed by atoms with Crippen molar-refractivity contribution in [3.63, 3.8) is 0 Å². The van der Waals surface area contributed by atoms with E-state index in [2.05, 4.69) is 0 Å². The summed E-state index contributed by atoms with van der Waals surface area (Å²) >= 11 is 0. The molecule has 1 heterocycles. The number of rotatable bonds is 2. The molecule has 0 radical (unpaired) electrons. The zero-order valence-electron chi connectivity index (χ0n) is 10.1. The van der Waals surface area contributed by atoms with Gasteiger partial charge < -0.3 is 10.0 Å². The summed E-state index contributed by atoms with van der Waals surface area (Å²) in [6.45, 7) is 0.674. The zero-order valence-corrected chi connectivity index (χ0v) is 10.1. The molecular formula is C10H11F6NO3. The van der Waals surface area contributed by atoms with Crippen molar-refractivity contribution < 1.29 is 41.0 Å². The molecule has 2 atom stereocenters. The summed E-state index contributed by atoms with van der Waals surface area (Å²) in [6.07, 6.45) is -11.7. The number of hydrogen-bond donors (Lipinski definition) is 1.